The molecule has 3 rings (SSSR count). The Kier molecular flexibility index (Phi) is 8.09. The van der Waals surface area contributed by atoms with Crippen LogP contribution in [-0.4, -0.2) is 32.9 Å². The summed E-state index contributed by atoms with van der Waals surface area (Å²) in [6, 6.07) is 20.5. The molecule has 7 heteroatoms. The lowest BCUT2D eigenvalue weighted by atomic mass is 10.1. The average Bonchev–Trinajstić information content (AvgIpc) is 2.83. The van der Waals surface area contributed by atoms with Crippen molar-refractivity contribution in [3.63, 3.8) is 0 Å². The first-order valence-electron chi connectivity index (χ1n) is 10.0. The van der Waals surface area contributed by atoms with E-state index in [1.54, 1.807) is 44.6 Å². The molecule has 0 aliphatic heterocycles. The molecule has 0 atom stereocenters. The highest BCUT2D eigenvalue weighted by Crippen LogP contribution is 2.28. The van der Waals surface area contributed by atoms with E-state index in [1.165, 1.54) is 11.8 Å². The SMILES string of the molecule is COc1ccc(OCC(=O)N/N=C/c2ccc(OCc3ccccc3C)c(OC)c2)cc1. The van der Waals surface area contributed by atoms with Crippen LogP contribution in [0.1, 0.15) is 16.7 Å². The summed E-state index contributed by atoms with van der Waals surface area (Å²) in [5.74, 6) is 2.12. The van der Waals surface area contributed by atoms with Crippen LogP contribution in [-0.2, 0) is 11.4 Å². The Morgan fingerprint density at radius 2 is 1.66 bits per heavy atom. The Labute approximate surface area is 187 Å². The van der Waals surface area contributed by atoms with Crippen LogP contribution in [0.5, 0.6) is 23.0 Å². The van der Waals surface area contributed by atoms with Crippen LogP contribution in [0.15, 0.2) is 71.8 Å². The zero-order chi connectivity index (χ0) is 22.8. The van der Waals surface area contributed by atoms with E-state index in [2.05, 4.69) is 10.5 Å². The fourth-order valence-corrected chi connectivity index (χ4v) is 2.84. The number of ether oxygens (including phenoxy) is 4. The number of benzene rings is 3. The van der Waals surface area contributed by atoms with E-state index < -0.39 is 0 Å². The molecular weight excluding hydrogens is 408 g/mol. The van der Waals surface area contributed by atoms with Gasteiger partial charge in [0, 0.05) is 0 Å². The van der Waals surface area contributed by atoms with Crippen molar-refractivity contribution in [2.75, 3.05) is 20.8 Å². The van der Waals surface area contributed by atoms with Crippen molar-refractivity contribution in [1.29, 1.82) is 0 Å². The van der Waals surface area contributed by atoms with E-state index in [9.17, 15) is 4.79 Å². The zero-order valence-electron chi connectivity index (χ0n) is 18.3. The summed E-state index contributed by atoms with van der Waals surface area (Å²) in [5.41, 5.74) is 5.47. The van der Waals surface area contributed by atoms with Gasteiger partial charge in [0.15, 0.2) is 18.1 Å². The number of hydrazone groups is 1. The van der Waals surface area contributed by atoms with Crippen molar-refractivity contribution in [2.24, 2.45) is 5.10 Å². The predicted molar refractivity (Wildman–Crippen MR) is 123 cm³/mol. The second kappa shape index (κ2) is 11.4. The molecular formula is C25H26N2O5. The van der Waals surface area contributed by atoms with Crippen molar-refractivity contribution in [1.82, 2.24) is 5.43 Å². The highest BCUT2D eigenvalue weighted by molar-refractivity contribution is 5.83. The molecule has 0 aromatic heterocycles. The number of rotatable bonds is 10. The minimum Gasteiger partial charge on any atom is -0.497 e. The van der Waals surface area contributed by atoms with Crippen LogP contribution in [0.3, 0.4) is 0 Å². The smallest absolute Gasteiger partial charge is 0.277 e. The van der Waals surface area contributed by atoms with Crippen LogP contribution >= 0.6 is 0 Å². The molecule has 0 unspecified atom stereocenters. The van der Waals surface area contributed by atoms with Crippen molar-refractivity contribution in [3.8, 4) is 23.0 Å². The monoisotopic (exact) mass is 434 g/mol. The number of methoxy groups -OCH3 is 2. The summed E-state index contributed by atoms with van der Waals surface area (Å²) in [4.78, 5) is 11.9. The Hall–Kier alpha value is -4.00. The summed E-state index contributed by atoms with van der Waals surface area (Å²) >= 11 is 0. The van der Waals surface area contributed by atoms with E-state index in [0.29, 0.717) is 29.6 Å². The summed E-state index contributed by atoms with van der Waals surface area (Å²) < 4.78 is 21.8. The average molecular weight is 434 g/mol. The van der Waals surface area contributed by atoms with Gasteiger partial charge in [0.1, 0.15) is 18.1 Å². The lowest BCUT2D eigenvalue weighted by Crippen LogP contribution is -2.24. The fourth-order valence-electron chi connectivity index (χ4n) is 2.84. The van der Waals surface area contributed by atoms with Gasteiger partial charge in [-0.2, -0.15) is 5.10 Å². The molecule has 0 heterocycles. The van der Waals surface area contributed by atoms with Crippen molar-refractivity contribution in [3.05, 3.63) is 83.4 Å². The molecule has 1 amide bonds. The summed E-state index contributed by atoms with van der Waals surface area (Å²) in [6.45, 7) is 2.34. The summed E-state index contributed by atoms with van der Waals surface area (Å²) in [7, 11) is 3.16. The highest BCUT2D eigenvalue weighted by atomic mass is 16.5. The molecule has 166 valence electrons. The topological polar surface area (TPSA) is 78.4 Å². The zero-order valence-corrected chi connectivity index (χ0v) is 18.3. The van der Waals surface area contributed by atoms with Crippen LogP contribution < -0.4 is 24.4 Å². The number of amides is 1. The molecule has 3 aromatic rings. The lowest BCUT2D eigenvalue weighted by molar-refractivity contribution is -0.123. The maximum Gasteiger partial charge on any atom is 0.277 e. The minimum atomic E-state index is -0.373. The van der Waals surface area contributed by atoms with Gasteiger partial charge in [-0.1, -0.05) is 24.3 Å². The van der Waals surface area contributed by atoms with Gasteiger partial charge in [0.25, 0.3) is 5.91 Å². The molecule has 32 heavy (non-hydrogen) atoms. The number of aryl methyl sites for hydroxylation is 1. The van der Waals surface area contributed by atoms with Crippen molar-refractivity contribution < 1.29 is 23.7 Å². The molecule has 0 fully saturated rings. The number of carbonyl (C=O) groups excluding carboxylic acids is 1. The van der Waals surface area contributed by atoms with Gasteiger partial charge < -0.3 is 18.9 Å². The first kappa shape index (κ1) is 22.7. The van der Waals surface area contributed by atoms with Gasteiger partial charge in [-0.3, -0.25) is 4.79 Å². The van der Waals surface area contributed by atoms with Gasteiger partial charge in [0.05, 0.1) is 20.4 Å². The standard InChI is InChI=1S/C25H26N2O5/c1-18-6-4-5-7-20(18)16-32-23-13-8-19(14-24(23)30-3)15-26-27-25(28)17-31-22-11-9-21(29-2)10-12-22/h4-15H,16-17H2,1-3H3,(H,27,28)/b26-15+. The van der Waals surface area contributed by atoms with Gasteiger partial charge in [0.2, 0.25) is 0 Å². The maximum atomic E-state index is 11.9. The Bertz CT molecular complexity index is 1060. The van der Waals surface area contributed by atoms with Gasteiger partial charge >= 0.3 is 0 Å². The molecule has 3 aromatic carbocycles. The maximum absolute atomic E-state index is 11.9. The van der Waals surface area contributed by atoms with Crippen molar-refractivity contribution in [2.45, 2.75) is 13.5 Å². The normalized spacial score (nSPS) is 10.6. The van der Waals surface area contributed by atoms with E-state index in [-0.39, 0.29) is 12.5 Å². The molecule has 0 saturated carbocycles. The Balaban J connectivity index is 1.51. The molecule has 0 radical (unpaired) electrons. The largest absolute Gasteiger partial charge is 0.497 e. The molecule has 0 aliphatic carbocycles. The third-order valence-corrected chi connectivity index (χ3v) is 4.66. The molecule has 0 aliphatic rings. The van der Waals surface area contributed by atoms with Crippen LogP contribution in [0.4, 0.5) is 0 Å². The fraction of sp³-hybridized carbons (Fsp3) is 0.200. The van der Waals surface area contributed by atoms with E-state index in [1.807, 2.05) is 43.3 Å². The number of hydrogen-bond acceptors (Lipinski definition) is 6. The third-order valence-electron chi connectivity index (χ3n) is 4.66. The van der Waals surface area contributed by atoms with Gasteiger partial charge in [-0.15, -0.1) is 0 Å². The van der Waals surface area contributed by atoms with Gasteiger partial charge in [-0.25, -0.2) is 5.43 Å². The number of nitrogens with one attached hydrogen (secondary N) is 1. The highest BCUT2D eigenvalue weighted by Gasteiger charge is 2.07. The number of nitrogens with zero attached hydrogens (tertiary/aromatic N) is 1. The Morgan fingerprint density at radius 1 is 0.906 bits per heavy atom. The first-order chi connectivity index (χ1) is 15.6. The molecule has 1 N–H and O–H groups in total. The quantitative estimate of drug-likeness (QED) is 0.384. The van der Waals surface area contributed by atoms with E-state index in [0.717, 1.165) is 11.1 Å². The summed E-state index contributed by atoms with van der Waals surface area (Å²) in [6.07, 6.45) is 1.53. The van der Waals surface area contributed by atoms with Crippen LogP contribution in [0.25, 0.3) is 0 Å². The lowest BCUT2D eigenvalue weighted by Gasteiger charge is -2.12. The molecule has 0 spiro atoms. The third kappa shape index (κ3) is 6.50. The Morgan fingerprint density at radius 3 is 2.38 bits per heavy atom. The second-order valence-electron chi connectivity index (χ2n) is 6.88. The van der Waals surface area contributed by atoms with Crippen LogP contribution in [0.2, 0.25) is 0 Å². The second-order valence-corrected chi connectivity index (χ2v) is 6.88. The number of hydrogen-bond donors (Lipinski definition) is 1. The first-order valence-corrected chi connectivity index (χ1v) is 10.0. The predicted octanol–water partition coefficient (Wildman–Crippen LogP) is 4.12. The van der Waals surface area contributed by atoms with Crippen LogP contribution in [0, 0.1) is 6.92 Å². The summed E-state index contributed by atoms with van der Waals surface area (Å²) in [5, 5.41) is 3.97. The van der Waals surface area contributed by atoms with Gasteiger partial charge in [-0.05, 0) is 66.1 Å². The number of carbonyl (C=O) groups is 1. The molecule has 0 saturated heterocycles. The van der Waals surface area contributed by atoms with E-state index in [4.69, 9.17) is 18.9 Å². The van der Waals surface area contributed by atoms with Crippen molar-refractivity contribution >= 4 is 12.1 Å². The molecule has 7 nitrogen and oxygen atoms in total. The molecule has 0 bridgehead atoms. The van der Waals surface area contributed by atoms with E-state index >= 15 is 0 Å². The minimum absolute atomic E-state index is 0.154.